The van der Waals surface area contributed by atoms with Crippen molar-refractivity contribution in [2.75, 3.05) is 24.3 Å². The summed E-state index contributed by atoms with van der Waals surface area (Å²) in [4.78, 5) is 12.2. The number of halogens is 2. The number of nitro benzene ring substituents is 1. The van der Waals surface area contributed by atoms with Gasteiger partial charge in [0.25, 0.3) is 5.69 Å². The molecule has 0 aliphatic carbocycles. The van der Waals surface area contributed by atoms with Crippen molar-refractivity contribution in [3.8, 4) is 0 Å². The second-order valence-electron chi connectivity index (χ2n) is 4.61. The van der Waals surface area contributed by atoms with Crippen molar-refractivity contribution >= 4 is 34.4 Å². The molecular formula is C14H13ClFN3O2. The van der Waals surface area contributed by atoms with Crippen molar-refractivity contribution in [3.63, 3.8) is 0 Å². The van der Waals surface area contributed by atoms with Crippen molar-refractivity contribution in [1.82, 2.24) is 0 Å². The smallest absolute Gasteiger partial charge is 0.297 e. The molecule has 0 saturated carbocycles. The monoisotopic (exact) mass is 309 g/mol. The zero-order valence-corrected chi connectivity index (χ0v) is 12.2. The lowest BCUT2D eigenvalue weighted by Gasteiger charge is -2.13. The quantitative estimate of drug-likeness (QED) is 0.679. The molecule has 0 saturated heterocycles. The van der Waals surface area contributed by atoms with Gasteiger partial charge in [-0.25, -0.2) is 4.39 Å². The minimum Gasteiger partial charge on any atom is -0.378 e. The fraction of sp³-hybridized carbons (Fsp3) is 0.143. The first kappa shape index (κ1) is 15.1. The van der Waals surface area contributed by atoms with Crippen LogP contribution in [0.4, 0.5) is 27.1 Å². The Labute approximate surface area is 126 Å². The van der Waals surface area contributed by atoms with Gasteiger partial charge in [-0.2, -0.15) is 0 Å². The van der Waals surface area contributed by atoms with E-state index in [-0.39, 0.29) is 10.7 Å². The maximum atomic E-state index is 13.9. The van der Waals surface area contributed by atoms with Crippen LogP contribution in [0.25, 0.3) is 0 Å². The van der Waals surface area contributed by atoms with E-state index in [2.05, 4.69) is 5.32 Å². The highest BCUT2D eigenvalue weighted by molar-refractivity contribution is 6.31. The van der Waals surface area contributed by atoms with E-state index in [1.807, 2.05) is 31.1 Å². The van der Waals surface area contributed by atoms with Gasteiger partial charge in [-0.05, 0) is 30.3 Å². The first-order chi connectivity index (χ1) is 9.88. The van der Waals surface area contributed by atoms with Gasteiger partial charge in [0.15, 0.2) is 11.5 Å². The van der Waals surface area contributed by atoms with Crippen molar-refractivity contribution < 1.29 is 9.31 Å². The van der Waals surface area contributed by atoms with E-state index < -0.39 is 16.4 Å². The lowest BCUT2D eigenvalue weighted by Crippen LogP contribution is -2.08. The van der Waals surface area contributed by atoms with Gasteiger partial charge in [0, 0.05) is 31.5 Å². The predicted octanol–water partition coefficient (Wildman–Crippen LogP) is 4.20. The number of hydrogen-bond donors (Lipinski definition) is 1. The van der Waals surface area contributed by atoms with Crippen LogP contribution in [0.1, 0.15) is 0 Å². The third-order valence-corrected chi connectivity index (χ3v) is 3.10. The average molecular weight is 310 g/mol. The van der Waals surface area contributed by atoms with E-state index in [0.29, 0.717) is 5.69 Å². The van der Waals surface area contributed by atoms with E-state index in [9.17, 15) is 14.5 Å². The maximum Gasteiger partial charge on any atom is 0.297 e. The molecule has 0 bridgehead atoms. The summed E-state index contributed by atoms with van der Waals surface area (Å²) >= 11 is 5.65. The number of nitro groups is 1. The number of hydrogen-bond acceptors (Lipinski definition) is 4. The van der Waals surface area contributed by atoms with Crippen LogP contribution in [0.2, 0.25) is 5.02 Å². The van der Waals surface area contributed by atoms with Gasteiger partial charge in [-0.3, -0.25) is 10.1 Å². The summed E-state index contributed by atoms with van der Waals surface area (Å²) < 4.78 is 13.9. The van der Waals surface area contributed by atoms with Gasteiger partial charge in [0.1, 0.15) is 0 Å². The molecule has 0 spiro atoms. The standard InChI is InChI=1S/C14H13ClFN3O2/c1-18(2)11-5-3-10(4-6-11)17-14-12(16)7-9(15)8-13(14)19(20)21/h3-8,17H,1-2H3. The SMILES string of the molecule is CN(C)c1ccc(Nc2c(F)cc(Cl)cc2[N+](=O)[O-])cc1. The van der Waals surface area contributed by atoms with Crippen LogP contribution >= 0.6 is 11.6 Å². The summed E-state index contributed by atoms with van der Waals surface area (Å²) in [6.07, 6.45) is 0. The molecule has 0 aliphatic heterocycles. The van der Waals surface area contributed by atoms with Crippen LogP contribution in [-0.4, -0.2) is 19.0 Å². The van der Waals surface area contributed by atoms with E-state index >= 15 is 0 Å². The Morgan fingerprint density at radius 1 is 1.24 bits per heavy atom. The second-order valence-corrected chi connectivity index (χ2v) is 5.04. The Morgan fingerprint density at radius 3 is 2.38 bits per heavy atom. The summed E-state index contributed by atoms with van der Waals surface area (Å²) in [5.74, 6) is -0.772. The summed E-state index contributed by atoms with van der Waals surface area (Å²) in [5, 5.41) is 13.7. The number of rotatable bonds is 4. The van der Waals surface area contributed by atoms with E-state index in [0.717, 1.165) is 17.8 Å². The molecule has 0 unspecified atom stereocenters. The van der Waals surface area contributed by atoms with Crippen LogP contribution in [0.3, 0.4) is 0 Å². The van der Waals surface area contributed by atoms with Crippen LogP contribution < -0.4 is 10.2 Å². The molecule has 110 valence electrons. The molecule has 2 aromatic rings. The first-order valence-corrected chi connectivity index (χ1v) is 6.44. The Balaban J connectivity index is 2.37. The Kier molecular flexibility index (Phi) is 4.28. The highest BCUT2D eigenvalue weighted by Crippen LogP contribution is 2.33. The Morgan fingerprint density at radius 2 is 1.86 bits per heavy atom. The van der Waals surface area contributed by atoms with Crippen molar-refractivity contribution in [2.45, 2.75) is 0 Å². The van der Waals surface area contributed by atoms with Crippen molar-refractivity contribution in [2.24, 2.45) is 0 Å². The molecule has 5 nitrogen and oxygen atoms in total. The Bertz CT molecular complexity index is 675. The third-order valence-electron chi connectivity index (χ3n) is 2.88. The van der Waals surface area contributed by atoms with Gasteiger partial charge in [-0.1, -0.05) is 11.6 Å². The summed E-state index contributed by atoms with van der Waals surface area (Å²) in [6.45, 7) is 0. The fourth-order valence-electron chi connectivity index (χ4n) is 1.81. The topological polar surface area (TPSA) is 58.4 Å². The third kappa shape index (κ3) is 3.41. The number of anilines is 3. The summed E-state index contributed by atoms with van der Waals surface area (Å²) in [7, 11) is 3.79. The first-order valence-electron chi connectivity index (χ1n) is 6.06. The van der Waals surface area contributed by atoms with E-state index in [1.165, 1.54) is 0 Å². The molecule has 21 heavy (non-hydrogen) atoms. The highest BCUT2D eigenvalue weighted by atomic mass is 35.5. The van der Waals surface area contributed by atoms with E-state index in [1.54, 1.807) is 12.1 Å². The number of nitrogens with one attached hydrogen (secondary N) is 1. The molecule has 0 radical (unpaired) electrons. The van der Waals surface area contributed by atoms with E-state index in [4.69, 9.17) is 11.6 Å². The van der Waals surface area contributed by atoms with Gasteiger partial charge >= 0.3 is 0 Å². The molecule has 0 heterocycles. The van der Waals surface area contributed by atoms with Crippen molar-refractivity contribution in [1.29, 1.82) is 0 Å². The highest BCUT2D eigenvalue weighted by Gasteiger charge is 2.20. The zero-order chi connectivity index (χ0) is 15.6. The fourth-order valence-corrected chi connectivity index (χ4v) is 2.01. The maximum absolute atomic E-state index is 13.9. The summed E-state index contributed by atoms with van der Waals surface area (Å²) in [5.41, 5.74) is 0.898. The normalized spacial score (nSPS) is 10.3. The average Bonchev–Trinajstić information content (AvgIpc) is 2.41. The molecule has 2 aromatic carbocycles. The Hall–Kier alpha value is -2.34. The van der Waals surface area contributed by atoms with Gasteiger partial charge < -0.3 is 10.2 Å². The molecule has 1 N–H and O–H groups in total. The molecule has 0 aromatic heterocycles. The second kappa shape index (κ2) is 5.97. The molecule has 2 rings (SSSR count). The molecule has 7 heteroatoms. The van der Waals surface area contributed by atoms with Crippen molar-refractivity contribution in [3.05, 3.63) is 57.4 Å². The predicted molar refractivity (Wildman–Crippen MR) is 82.1 cm³/mol. The van der Waals surface area contributed by atoms with Gasteiger partial charge in [0.2, 0.25) is 0 Å². The largest absolute Gasteiger partial charge is 0.378 e. The van der Waals surface area contributed by atoms with Crippen LogP contribution in [0.15, 0.2) is 36.4 Å². The zero-order valence-electron chi connectivity index (χ0n) is 11.4. The number of benzene rings is 2. The molecule has 0 amide bonds. The van der Waals surface area contributed by atoms with Crippen LogP contribution in [-0.2, 0) is 0 Å². The molecule has 0 atom stereocenters. The molecule has 0 fully saturated rings. The summed E-state index contributed by atoms with van der Waals surface area (Å²) in [6, 6.07) is 9.22. The lowest BCUT2D eigenvalue weighted by atomic mass is 10.2. The lowest BCUT2D eigenvalue weighted by molar-refractivity contribution is -0.384. The van der Waals surface area contributed by atoms with Crippen LogP contribution in [0, 0.1) is 15.9 Å². The molecular weight excluding hydrogens is 297 g/mol. The minimum atomic E-state index is -0.772. The molecule has 0 aliphatic rings. The van der Waals surface area contributed by atoms with Gasteiger partial charge in [0.05, 0.1) is 9.95 Å². The minimum absolute atomic E-state index is 0.0206. The number of nitrogens with zero attached hydrogens (tertiary/aromatic N) is 2. The van der Waals surface area contributed by atoms with Gasteiger partial charge in [-0.15, -0.1) is 0 Å². The van der Waals surface area contributed by atoms with Crippen LogP contribution in [0.5, 0.6) is 0 Å².